The summed E-state index contributed by atoms with van der Waals surface area (Å²) in [5.74, 6) is -0.985. The molecule has 0 saturated carbocycles. The first-order chi connectivity index (χ1) is 14.2. The standard InChI is InChI=1S/C19H21N7O4/c1-4-24-12-15(16(23-24)17(27)21-13-8-6-5-7-9-13)22-18(28)19(2,3)25-11-14(10-20-25)26(29)30/h5-12H,4H2,1-3H3,(H,21,27)(H,22,28). The van der Waals surface area contributed by atoms with E-state index in [9.17, 15) is 19.7 Å². The molecule has 2 aromatic heterocycles. The van der Waals surface area contributed by atoms with E-state index in [0.717, 1.165) is 6.20 Å². The minimum atomic E-state index is -1.25. The smallest absolute Gasteiger partial charge is 0.307 e. The number of nitrogens with zero attached hydrogens (tertiary/aromatic N) is 5. The lowest BCUT2D eigenvalue weighted by atomic mass is 10.0. The third-order valence-electron chi connectivity index (χ3n) is 4.49. The third-order valence-corrected chi connectivity index (χ3v) is 4.49. The first kappa shape index (κ1) is 20.7. The van der Waals surface area contributed by atoms with Crippen LogP contribution in [-0.2, 0) is 16.9 Å². The molecule has 3 rings (SSSR count). The average Bonchev–Trinajstić information content (AvgIpc) is 3.36. The number of aromatic nitrogens is 4. The van der Waals surface area contributed by atoms with Crippen LogP contribution in [0.3, 0.4) is 0 Å². The van der Waals surface area contributed by atoms with Gasteiger partial charge in [-0.3, -0.25) is 29.1 Å². The Morgan fingerprint density at radius 2 is 1.87 bits per heavy atom. The van der Waals surface area contributed by atoms with Crippen LogP contribution < -0.4 is 10.6 Å². The van der Waals surface area contributed by atoms with Gasteiger partial charge in [-0.15, -0.1) is 0 Å². The van der Waals surface area contributed by atoms with Crippen LogP contribution >= 0.6 is 0 Å². The predicted molar refractivity (Wildman–Crippen MR) is 109 cm³/mol. The molecule has 0 atom stereocenters. The van der Waals surface area contributed by atoms with E-state index in [1.807, 2.05) is 13.0 Å². The van der Waals surface area contributed by atoms with Crippen LogP contribution in [0.5, 0.6) is 0 Å². The predicted octanol–water partition coefficient (Wildman–Crippen LogP) is 2.63. The Bertz CT molecular complexity index is 1090. The maximum Gasteiger partial charge on any atom is 0.307 e. The number of aryl methyl sites for hydroxylation is 1. The van der Waals surface area contributed by atoms with Gasteiger partial charge in [0.2, 0.25) is 0 Å². The fourth-order valence-electron chi connectivity index (χ4n) is 2.65. The zero-order chi connectivity index (χ0) is 21.9. The van der Waals surface area contributed by atoms with Gasteiger partial charge in [0.05, 0.1) is 10.6 Å². The zero-order valence-corrected chi connectivity index (χ0v) is 16.7. The minimum absolute atomic E-state index is 0.0521. The Hall–Kier alpha value is -4.02. The maximum absolute atomic E-state index is 12.9. The molecule has 2 N–H and O–H groups in total. The summed E-state index contributed by atoms with van der Waals surface area (Å²) in [6.45, 7) is 5.47. The van der Waals surface area contributed by atoms with Gasteiger partial charge in [-0.2, -0.15) is 10.2 Å². The summed E-state index contributed by atoms with van der Waals surface area (Å²) in [6, 6.07) is 8.87. The first-order valence-corrected chi connectivity index (χ1v) is 9.17. The fraction of sp³-hybridized carbons (Fsp3) is 0.263. The fourth-order valence-corrected chi connectivity index (χ4v) is 2.65. The normalized spacial score (nSPS) is 11.2. The van der Waals surface area contributed by atoms with Crippen molar-refractivity contribution in [1.82, 2.24) is 19.6 Å². The van der Waals surface area contributed by atoms with Crippen molar-refractivity contribution in [3.63, 3.8) is 0 Å². The van der Waals surface area contributed by atoms with E-state index in [-0.39, 0.29) is 17.1 Å². The number of amides is 2. The van der Waals surface area contributed by atoms with E-state index >= 15 is 0 Å². The van der Waals surface area contributed by atoms with Crippen LogP contribution in [0.1, 0.15) is 31.3 Å². The molecular weight excluding hydrogens is 390 g/mol. The van der Waals surface area contributed by atoms with Crippen molar-refractivity contribution in [3.8, 4) is 0 Å². The van der Waals surface area contributed by atoms with E-state index < -0.39 is 22.3 Å². The highest BCUT2D eigenvalue weighted by atomic mass is 16.6. The Balaban J connectivity index is 1.84. The molecule has 1 aromatic carbocycles. The SMILES string of the molecule is CCn1cc(NC(=O)C(C)(C)n2cc([N+](=O)[O-])cn2)c(C(=O)Nc2ccccc2)n1. The lowest BCUT2D eigenvalue weighted by Gasteiger charge is -2.23. The van der Waals surface area contributed by atoms with Gasteiger partial charge in [0.25, 0.3) is 11.8 Å². The van der Waals surface area contributed by atoms with Crippen LogP contribution in [0.25, 0.3) is 0 Å². The minimum Gasteiger partial charge on any atom is -0.321 e. The van der Waals surface area contributed by atoms with Crippen LogP contribution in [0, 0.1) is 10.1 Å². The van der Waals surface area contributed by atoms with Crippen LogP contribution in [0.4, 0.5) is 17.1 Å². The molecule has 0 radical (unpaired) electrons. The van der Waals surface area contributed by atoms with E-state index in [2.05, 4.69) is 20.8 Å². The van der Waals surface area contributed by atoms with Gasteiger partial charge in [0.15, 0.2) is 5.69 Å². The van der Waals surface area contributed by atoms with Crippen LogP contribution in [-0.4, -0.2) is 36.3 Å². The van der Waals surface area contributed by atoms with Crippen molar-refractivity contribution in [2.75, 3.05) is 10.6 Å². The lowest BCUT2D eigenvalue weighted by molar-refractivity contribution is -0.385. The number of nitro groups is 1. The number of carbonyl (C=O) groups is 2. The van der Waals surface area contributed by atoms with Crippen molar-refractivity contribution in [2.24, 2.45) is 0 Å². The molecule has 0 aliphatic rings. The molecule has 0 bridgehead atoms. The second-order valence-corrected chi connectivity index (χ2v) is 6.98. The lowest BCUT2D eigenvalue weighted by Crippen LogP contribution is -2.40. The van der Waals surface area contributed by atoms with Crippen molar-refractivity contribution in [3.05, 3.63) is 64.7 Å². The van der Waals surface area contributed by atoms with Crippen molar-refractivity contribution >= 4 is 28.9 Å². The third kappa shape index (κ3) is 4.19. The largest absolute Gasteiger partial charge is 0.321 e. The summed E-state index contributed by atoms with van der Waals surface area (Å²) in [5.41, 5.74) is -0.607. The molecule has 0 spiro atoms. The molecule has 0 aliphatic carbocycles. The number of anilines is 2. The maximum atomic E-state index is 12.9. The van der Waals surface area contributed by atoms with Gasteiger partial charge < -0.3 is 10.6 Å². The van der Waals surface area contributed by atoms with Crippen LogP contribution in [0.15, 0.2) is 48.9 Å². The van der Waals surface area contributed by atoms with Gasteiger partial charge in [0.1, 0.15) is 17.9 Å². The highest BCUT2D eigenvalue weighted by Crippen LogP contribution is 2.23. The summed E-state index contributed by atoms with van der Waals surface area (Å²) in [4.78, 5) is 36.0. The van der Waals surface area contributed by atoms with Crippen molar-refractivity contribution in [1.29, 1.82) is 0 Å². The molecule has 0 fully saturated rings. The van der Waals surface area contributed by atoms with Gasteiger partial charge >= 0.3 is 5.69 Å². The van der Waals surface area contributed by atoms with Crippen molar-refractivity contribution in [2.45, 2.75) is 32.9 Å². The number of hydrogen-bond acceptors (Lipinski definition) is 6. The summed E-state index contributed by atoms with van der Waals surface area (Å²) in [6.07, 6.45) is 3.81. The summed E-state index contributed by atoms with van der Waals surface area (Å²) in [5, 5.41) is 24.5. The molecule has 0 unspecified atom stereocenters. The second kappa shape index (κ2) is 8.15. The van der Waals surface area contributed by atoms with Gasteiger partial charge in [-0.25, -0.2) is 0 Å². The molecule has 3 aromatic rings. The van der Waals surface area contributed by atoms with Crippen LogP contribution in [0.2, 0.25) is 0 Å². The summed E-state index contributed by atoms with van der Waals surface area (Å²) >= 11 is 0. The topological polar surface area (TPSA) is 137 Å². The molecule has 11 nitrogen and oxygen atoms in total. The number of hydrogen-bond donors (Lipinski definition) is 2. The number of para-hydroxylation sites is 1. The van der Waals surface area contributed by atoms with Crippen molar-refractivity contribution < 1.29 is 14.5 Å². The summed E-state index contributed by atoms with van der Waals surface area (Å²) in [7, 11) is 0. The molecular formula is C19H21N7O4. The first-order valence-electron chi connectivity index (χ1n) is 9.17. The van der Waals surface area contributed by atoms with E-state index in [1.165, 1.54) is 15.6 Å². The Morgan fingerprint density at radius 1 is 1.17 bits per heavy atom. The van der Waals surface area contributed by atoms with E-state index in [0.29, 0.717) is 12.2 Å². The molecule has 2 heterocycles. The highest BCUT2D eigenvalue weighted by Gasteiger charge is 2.33. The highest BCUT2D eigenvalue weighted by molar-refractivity contribution is 6.09. The monoisotopic (exact) mass is 411 g/mol. The van der Waals surface area contributed by atoms with Gasteiger partial charge in [-0.05, 0) is 32.9 Å². The molecule has 0 saturated heterocycles. The quantitative estimate of drug-likeness (QED) is 0.453. The van der Waals surface area contributed by atoms with E-state index in [4.69, 9.17) is 0 Å². The van der Waals surface area contributed by atoms with Gasteiger partial charge in [-0.1, -0.05) is 18.2 Å². The Morgan fingerprint density at radius 3 is 2.47 bits per heavy atom. The zero-order valence-electron chi connectivity index (χ0n) is 16.7. The molecule has 11 heteroatoms. The average molecular weight is 411 g/mol. The molecule has 2 amide bonds. The van der Waals surface area contributed by atoms with Gasteiger partial charge in [0, 0.05) is 18.4 Å². The number of nitrogens with one attached hydrogen (secondary N) is 2. The summed E-state index contributed by atoms with van der Waals surface area (Å²) < 4.78 is 2.73. The second-order valence-electron chi connectivity index (χ2n) is 6.98. The Labute approximate surface area is 171 Å². The molecule has 30 heavy (non-hydrogen) atoms. The van der Waals surface area contributed by atoms with E-state index in [1.54, 1.807) is 44.3 Å². The molecule has 0 aliphatic heterocycles. The number of rotatable bonds is 7. The Kier molecular flexibility index (Phi) is 5.63. The molecule has 156 valence electrons. The number of carbonyl (C=O) groups excluding carboxylic acids is 2. The number of benzene rings is 1.